The van der Waals surface area contributed by atoms with Crippen LogP contribution in [0.2, 0.25) is 0 Å². The van der Waals surface area contributed by atoms with E-state index in [0.717, 1.165) is 0 Å². The fourth-order valence-corrected chi connectivity index (χ4v) is 1.53. The Morgan fingerprint density at radius 1 is 1.29 bits per heavy atom. The van der Waals surface area contributed by atoms with Crippen molar-refractivity contribution in [2.75, 3.05) is 13.2 Å². The minimum atomic E-state index is -1.26. The molecule has 1 heterocycles. The summed E-state index contributed by atoms with van der Waals surface area (Å²) in [4.78, 5) is 21.5. The van der Waals surface area contributed by atoms with Crippen LogP contribution in [0.1, 0.15) is 13.8 Å². The van der Waals surface area contributed by atoms with Gasteiger partial charge in [-0.05, 0) is 0 Å². The molecular weight excluding hydrogens is 232 g/mol. The normalized spacial score (nSPS) is 32.9. The average Bonchev–Trinajstić information content (AvgIpc) is 2.23. The molecular formula is C10H16O7. The zero-order valence-corrected chi connectivity index (χ0v) is 9.66. The molecule has 0 aromatic carbocycles. The molecule has 7 nitrogen and oxygen atoms in total. The predicted octanol–water partition coefficient (Wildman–Crippen LogP) is -1.40. The monoisotopic (exact) mass is 248 g/mol. The maximum atomic E-state index is 10.9. The summed E-state index contributed by atoms with van der Waals surface area (Å²) in [6.07, 6.45) is -4.21. The number of carbonyl (C=O) groups excluding carboxylic acids is 2. The molecule has 0 amide bonds. The second-order valence-electron chi connectivity index (χ2n) is 3.81. The molecule has 4 unspecified atom stereocenters. The number of aliphatic hydroxyl groups is 2. The first-order valence-corrected chi connectivity index (χ1v) is 5.20. The van der Waals surface area contributed by atoms with Crippen LogP contribution in [-0.2, 0) is 23.8 Å². The molecule has 0 aromatic heterocycles. The number of rotatable bonds is 3. The first kappa shape index (κ1) is 13.9. The van der Waals surface area contributed by atoms with E-state index < -0.39 is 36.4 Å². The zero-order chi connectivity index (χ0) is 13.0. The van der Waals surface area contributed by atoms with Crippen LogP contribution < -0.4 is 0 Å². The molecule has 2 N–H and O–H groups in total. The second-order valence-corrected chi connectivity index (χ2v) is 3.81. The number of ether oxygens (including phenoxy) is 3. The standard InChI is InChI=1S/C10H16O7/c1-5(11)15-4-8-10(17-6(2)12)9(14)7(13)3-16-8/h7-10,13-14H,3-4H2,1-2H3. The Kier molecular flexibility index (Phi) is 4.86. The van der Waals surface area contributed by atoms with Crippen molar-refractivity contribution in [3.05, 3.63) is 0 Å². The van der Waals surface area contributed by atoms with Crippen LogP contribution >= 0.6 is 0 Å². The van der Waals surface area contributed by atoms with Gasteiger partial charge in [-0.2, -0.15) is 0 Å². The Labute approximate surface area is 98.3 Å². The van der Waals surface area contributed by atoms with Crippen molar-refractivity contribution in [2.45, 2.75) is 38.3 Å². The number of esters is 2. The van der Waals surface area contributed by atoms with Gasteiger partial charge in [0.15, 0.2) is 6.10 Å². The summed E-state index contributed by atoms with van der Waals surface area (Å²) >= 11 is 0. The van der Waals surface area contributed by atoms with Crippen LogP contribution in [0.25, 0.3) is 0 Å². The number of carbonyl (C=O) groups is 2. The third-order valence-corrected chi connectivity index (χ3v) is 2.33. The van der Waals surface area contributed by atoms with Gasteiger partial charge in [0.25, 0.3) is 0 Å². The van der Waals surface area contributed by atoms with E-state index in [-0.39, 0.29) is 13.2 Å². The van der Waals surface area contributed by atoms with E-state index in [1.807, 2.05) is 0 Å². The number of aliphatic hydroxyl groups excluding tert-OH is 2. The van der Waals surface area contributed by atoms with Gasteiger partial charge >= 0.3 is 11.9 Å². The van der Waals surface area contributed by atoms with E-state index in [1.54, 1.807) is 0 Å². The Balaban J connectivity index is 2.64. The summed E-state index contributed by atoms with van der Waals surface area (Å²) in [6, 6.07) is 0. The molecule has 17 heavy (non-hydrogen) atoms. The van der Waals surface area contributed by atoms with Crippen molar-refractivity contribution in [2.24, 2.45) is 0 Å². The molecule has 0 spiro atoms. The lowest BCUT2D eigenvalue weighted by Crippen LogP contribution is -2.56. The molecule has 1 rings (SSSR count). The third kappa shape index (κ3) is 3.95. The van der Waals surface area contributed by atoms with Gasteiger partial charge in [0.1, 0.15) is 24.9 Å². The van der Waals surface area contributed by atoms with Gasteiger partial charge in [0.05, 0.1) is 6.61 Å². The van der Waals surface area contributed by atoms with Crippen molar-refractivity contribution in [1.82, 2.24) is 0 Å². The lowest BCUT2D eigenvalue weighted by molar-refractivity contribution is -0.215. The Hall–Kier alpha value is -1.18. The van der Waals surface area contributed by atoms with E-state index in [9.17, 15) is 19.8 Å². The molecule has 0 aliphatic carbocycles. The van der Waals surface area contributed by atoms with Crippen molar-refractivity contribution < 1.29 is 34.0 Å². The molecule has 0 aromatic rings. The number of hydrogen-bond donors (Lipinski definition) is 2. The Morgan fingerprint density at radius 2 is 1.94 bits per heavy atom. The average molecular weight is 248 g/mol. The minimum Gasteiger partial charge on any atom is -0.463 e. The first-order valence-electron chi connectivity index (χ1n) is 5.20. The Morgan fingerprint density at radius 3 is 2.47 bits per heavy atom. The highest BCUT2D eigenvalue weighted by atomic mass is 16.6. The fraction of sp³-hybridized carbons (Fsp3) is 0.800. The molecule has 7 heteroatoms. The first-order chi connectivity index (χ1) is 7.91. The fourth-order valence-electron chi connectivity index (χ4n) is 1.53. The van der Waals surface area contributed by atoms with Gasteiger partial charge in [-0.1, -0.05) is 0 Å². The van der Waals surface area contributed by atoms with E-state index >= 15 is 0 Å². The third-order valence-electron chi connectivity index (χ3n) is 2.33. The lowest BCUT2D eigenvalue weighted by Gasteiger charge is -2.37. The van der Waals surface area contributed by atoms with E-state index in [2.05, 4.69) is 0 Å². The second kappa shape index (κ2) is 5.95. The van der Waals surface area contributed by atoms with Crippen LogP contribution in [0.4, 0.5) is 0 Å². The van der Waals surface area contributed by atoms with Crippen molar-refractivity contribution in [1.29, 1.82) is 0 Å². The van der Waals surface area contributed by atoms with Crippen molar-refractivity contribution in [3.63, 3.8) is 0 Å². The molecule has 1 aliphatic heterocycles. The molecule has 1 aliphatic rings. The SMILES string of the molecule is CC(=O)OCC1OCC(O)C(O)C1OC(C)=O. The minimum absolute atomic E-state index is 0.106. The smallest absolute Gasteiger partial charge is 0.303 e. The highest BCUT2D eigenvalue weighted by Gasteiger charge is 2.41. The van der Waals surface area contributed by atoms with Gasteiger partial charge in [-0.25, -0.2) is 0 Å². The molecule has 1 saturated heterocycles. The van der Waals surface area contributed by atoms with E-state index in [4.69, 9.17) is 14.2 Å². The lowest BCUT2D eigenvalue weighted by atomic mass is 10.0. The van der Waals surface area contributed by atoms with Crippen LogP contribution in [0, 0.1) is 0 Å². The molecule has 0 bridgehead atoms. The largest absolute Gasteiger partial charge is 0.463 e. The summed E-state index contributed by atoms with van der Waals surface area (Å²) in [7, 11) is 0. The van der Waals surface area contributed by atoms with Gasteiger partial charge < -0.3 is 24.4 Å². The van der Waals surface area contributed by atoms with Crippen LogP contribution in [0.3, 0.4) is 0 Å². The highest BCUT2D eigenvalue weighted by molar-refractivity contribution is 5.66. The quantitative estimate of drug-likeness (QED) is 0.592. The zero-order valence-electron chi connectivity index (χ0n) is 9.66. The summed E-state index contributed by atoms with van der Waals surface area (Å²) in [5.41, 5.74) is 0. The van der Waals surface area contributed by atoms with Gasteiger partial charge in [-0.15, -0.1) is 0 Å². The van der Waals surface area contributed by atoms with E-state index in [0.29, 0.717) is 0 Å². The van der Waals surface area contributed by atoms with Crippen molar-refractivity contribution >= 4 is 11.9 Å². The summed E-state index contributed by atoms with van der Waals surface area (Å²) in [5, 5.41) is 19.1. The van der Waals surface area contributed by atoms with Gasteiger partial charge in [0.2, 0.25) is 0 Å². The van der Waals surface area contributed by atoms with Crippen molar-refractivity contribution in [3.8, 4) is 0 Å². The predicted molar refractivity (Wildman–Crippen MR) is 53.9 cm³/mol. The van der Waals surface area contributed by atoms with E-state index in [1.165, 1.54) is 13.8 Å². The van der Waals surface area contributed by atoms with Crippen LogP contribution in [0.15, 0.2) is 0 Å². The molecule has 98 valence electrons. The molecule has 4 atom stereocenters. The topological polar surface area (TPSA) is 102 Å². The van der Waals surface area contributed by atoms with Gasteiger partial charge in [-0.3, -0.25) is 9.59 Å². The molecule has 0 radical (unpaired) electrons. The maximum absolute atomic E-state index is 10.9. The maximum Gasteiger partial charge on any atom is 0.303 e. The Bertz CT molecular complexity index is 290. The molecule has 0 saturated carbocycles. The van der Waals surface area contributed by atoms with Crippen LogP contribution in [0.5, 0.6) is 0 Å². The highest BCUT2D eigenvalue weighted by Crippen LogP contribution is 2.19. The molecule has 1 fully saturated rings. The van der Waals surface area contributed by atoms with Crippen LogP contribution in [-0.4, -0.2) is 59.8 Å². The number of hydrogen-bond acceptors (Lipinski definition) is 7. The summed E-state index contributed by atoms with van der Waals surface area (Å²) < 4.78 is 14.7. The summed E-state index contributed by atoms with van der Waals surface area (Å²) in [5.74, 6) is -1.12. The van der Waals surface area contributed by atoms with Gasteiger partial charge in [0, 0.05) is 13.8 Å². The summed E-state index contributed by atoms with van der Waals surface area (Å²) in [6.45, 7) is 2.16.